The second-order valence-electron chi connectivity index (χ2n) is 6.27. The van der Waals surface area contributed by atoms with E-state index in [1.165, 1.54) is 12.1 Å². The maximum absolute atomic E-state index is 13.2. The molecule has 3 nitrogen and oxygen atoms in total. The molecule has 0 atom stereocenters. The Morgan fingerprint density at radius 1 is 0.960 bits per heavy atom. The van der Waals surface area contributed by atoms with Crippen molar-refractivity contribution in [2.45, 2.75) is 20.3 Å². The zero-order chi connectivity index (χ0) is 17.4. The molecule has 4 aromatic rings. The van der Waals surface area contributed by atoms with Crippen LogP contribution in [-0.2, 0) is 6.42 Å². The number of fused-ring (bicyclic) bond motifs is 1. The number of rotatable bonds is 3. The highest BCUT2D eigenvalue weighted by Crippen LogP contribution is 2.30. The molecule has 0 aliphatic rings. The molecule has 0 bridgehead atoms. The van der Waals surface area contributed by atoms with Gasteiger partial charge >= 0.3 is 0 Å². The third kappa shape index (κ3) is 2.91. The fourth-order valence-electron chi connectivity index (χ4n) is 3.18. The minimum atomic E-state index is -0.227. The minimum Gasteiger partial charge on any atom is -0.233 e. The van der Waals surface area contributed by atoms with Gasteiger partial charge in [-0.1, -0.05) is 42.5 Å². The molecule has 0 amide bonds. The van der Waals surface area contributed by atoms with Gasteiger partial charge in [0.25, 0.3) is 0 Å². The minimum absolute atomic E-state index is 0.227. The van der Waals surface area contributed by atoms with Crippen molar-refractivity contribution in [3.8, 4) is 11.1 Å². The van der Waals surface area contributed by atoms with Crippen LogP contribution in [0.1, 0.15) is 22.6 Å². The quantitative estimate of drug-likeness (QED) is 0.542. The Labute approximate surface area is 145 Å². The van der Waals surface area contributed by atoms with Gasteiger partial charge in [0.2, 0.25) is 0 Å². The summed E-state index contributed by atoms with van der Waals surface area (Å²) in [5, 5.41) is 4.81. The number of aromatic nitrogens is 3. The van der Waals surface area contributed by atoms with Gasteiger partial charge in [-0.3, -0.25) is 0 Å². The lowest BCUT2D eigenvalue weighted by atomic mass is 10.0. The lowest BCUT2D eigenvalue weighted by Crippen LogP contribution is -1.97. The average Bonchev–Trinajstić information content (AvgIpc) is 2.96. The first-order valence-electron chi connectivity index (χ1n) is 8.27. The van der Waals surface area contributed by atoms with Gasteiger partial charge in [0.05, 0.1) is 11.3 Å². The SMILES string of the molecule is Cc1cc(C)n2nc(Cc3ccc(F)cc3)c(-c3ccccc3)c2n1. The molecular weight excluding hydrogens is 313 g/mol. The number of aryl methyl sites for hydroxylation is 2. The normalized spacial score (nSPS) is 11.2. The molecule has 25 heavy (non-hydrogen) atoms. The summed E-state index contributed by atoms with van der Waals surface area (Å²) < 4.78 is 15.1. The third-order valence-electron chi connectivity index (χ3n) is 4.31. The van der Waals surface area contributed by atoms with E-state index in [1.54, 1.807) is 12.1 Å². The first-order valence-corrected chi connectivity index (χ1v) is 8.27. The zero-order valence-electron chi connectivity index (χ0n) is 14.2. The Morgan fingerprint density at radius 3 is 2.40 bits per heavy atom. The summed E-state index contributed by atoms with van der Waals surface area (Å²) in [6.45, 7) is 4.03. The third-order valence-corrected chi connectivity index (χ3v) is 4.31. The van der Waals surface area contributed by atoms with Crippen molar-refractivity contribution in [1.29, 1.82) is 0 Å². The highest BCUT2D eigenvalue weighted by molar-refractivity contribution is 5.80. The van der Waals surface area contributed by atoms with Crippen molar-refractivity contribution in [2.75, 3.05) is 0 Å². The Hall–Kier alpha value is -3.01. The summed E-state index contributed by atoms with van der Waals surface area (Å²) in [6.07, 6.45) is 0.631. The van der Waals surface area contributed by atoms with Crippen LogP contribution in [0.15, 0.2) is 60.7 Å². The molecule has 2 heterocycles. The molecule has 2 aromatic carbocycles. The molecule has 0 spiro atoms. The number of hydrogen-bond donors (Lipinski definition) is 0. The van der Waals surface area contributed by atoms with E-state index in [2.05, 4.69) is 12.1 Å². The maximum Gasteiger partial charge on any atom is 0.163 e. The molecule has 0 radical (unpaired) electrons. The summed E-state index contributed by atoms with van der Waals surface area (Å²) in [6, 6.07) is 18.8. The van der Waals surface area contributed by atoms with Crippen LogP contribution in [0.3, 0.4) is 0 Å². The molecule has 0 unspecified atom stereocenters. The molecule has 0 aliphatic carbocycles. The van der Waals surface area contributed by atoms with Crippen molar-refractivity contribution in [3.63, 3.8) is 0 Å². The Morgan fingerprint density at radius 2 is 1.68 bits per heavy atom. The topological polar surface area (TPSA) is 30.2 Å². The maximum atomic E-state index is 13.2. The molecule has 4 rings (SSSR count). The van der Waals surface area contributed by atoms with Crippen LogP contribution in [-0.4, -0.2) is 14.6 Å². The van der Waals surface area contributed by atoms with Crippen LogP contribution >= 0.6 is 0 Å². The van der Waals surface area contributed by atoms with Crippen LogP contribution in [0.5, 0.6) is 0 Å². The van der Waals surface area contributed by atoms with E-state index in [4.69, 9.17) is 10.1 Å². The van der Waals surface area contributed by atoms with Gasteiger partial charge in [-0.05, 0) is 43.2 Å². The smallest absolute Gasteiger partial charge is 0.163 e. The fourth-order valence-corrected chi connectivity index (χ4v) is 3.18. The monoisotopic (exact) mass is 331 g/mol. The van der Waals surface area contributed by atoms with Crippen LogP contribution in [0, 0.1) is 19.7 Å². The first kappa shape index (κ1) is 15.5. The van der Waals surface area contributed by atoms with E-state index < -0.39 is 0 Å². The number of hydrogen-bond acceptors (Lipinski definition) is 2. The van der Waals surface area contributed by atoms with Gasteiger partial charge in [-0.25, -0.2) is 13.9 Å². The van der Waals surface area contributed by atoms with Crippen LogP contribution in [0.4, 0.5) is 4.39 Å². The van der Waals surface area contributed by atoms with Gasteiger partial charge in [-0.2, -0.15) is 5.10 Å². The standard InChI is InChI=1S/C21H18FN3/c1-14-12-15(2)25-21(23-14)20(17-6-4-3-5-7-17)19(24-25)13-16-8-10-18(22)11-9-16/h3-12H,13H2,1-2H3. The fraction of sp³-hybridized carbons (Fsp3) is 0.143. The van der Waals surface area contributed by atoms with Crippen molar-refractivity contribution >= 4 is 5.65 Å². The summed E-state index contributed by atoms with van der Waals surface area (Å²) in [5.41, 5.74) is 6.97. The van der Waals surface area contributed by atoms with E-state index in [0.717, 1.165) is 39.4 Å². The van der Waals surface area contributed by atoms with Crippen molar-refractivity contribution in [1.82, 2.24) is 14.6 Å². The largest absolute Gasteiger partial charge is 0.233 e. The Bertz CT molecular complexity index is 1030. The summed E-state index contributed by atoms with van der Waals surface area (Å²) in [5.74, 6) is -0.227. The highest BCUT2D eigenvalue weighted by atomic mass is 19.1. The van der Waals surface area contributed by atoms with Crippen molar-refractivity contribution in [3.05, 3.63) is 89.1 Å². The molecule has 4 heteroatoms. The summed E-state index contributed by atoms with van der Waals surface area (Å²) in [7, 11) is 0. The van der Waals surface area contributed by atoms with Gasteiger partial charge < -0.3 is 0 Å². The molecule has 0 N–H and O–H groups in total. The predicted octanol–water partition coefficient (Wildman–Crippen LogP) is 4.74. The first-order chi connectivity index (χ1) is 12.1. The highest BCUT2D eigenvalue weighted by Gasteiger charge is 2.17. The lowest BCUT2D eigenvalue weighted by Gasteiger charge is -2.04. The van der Waals surface area contributed by atoms with Crippen LogP contribution in [0.2, 0.25) is 0 Å². The Balaban J connectivity index is 1.93. The zero-order valence-corrected chi connectivity index (χ0v) is 14.2. The van der Waals surface area contributed by atoms with Crippen molar-refractivity contribution in [2.24, 2.45) is 0 Å². The van der Waals surface area contributed by atoms with Gasteiger partial charge in [0.15, 0.2) is 5.65 Å². The van der Waals surface area contributed by atoms with Gasteiger partial charge in [-0.15, -0.1) is 0 Å². The van der Waals surface area contributed by atoms with E-state index in [1.807, 2.05) is 42.6 Å². The van der Waals surface area contributed by atoms with Gasteiger partial charge in [0, 0.05) is 17.8 Å². The molecule has 124 valence electrons. The number of halogens is 1. The van der Waals surface area contributed by atoms with Gasteiger partial charge in [0.1, 0.15) is 5.82 Å². The van der Waals surface area contributed by atoms with Crippen LogP contribution < -0.4 is 0 Å². The number of nitrogens with zero attached hydrogens (tertiary/aromatic N) is 3. The predicted molar refractivity (Wildman–Crippen MR) is 97.1 cm³/mol. The van der Waals surface area contributed by atoms with E-state index >= 15 is 0 Å². The lowest BCUT2D eigenvalue weighted by molar-refractivity contribution is 0.627. The van der Waals surface area contributed by atoms with Crippen molar-refractivity contribution < 1.29 is 4.39 Å². The molecule has 0 saturated carbocycles. The molecule has 0 aliphatic heterocycles. The summed E-state index contributed by atoms with van der Waals surface area (Å²) in [4.78, 5) is 4.73. The second kappa shape index (κ2) is 6.13. The van der Waals surface area contributed by atoms with E-state index in [9.17, 15) is 4.39 Å². The van der Waals surface area contributed by atoms with E-state index in [0.29, 0.717) is 6.42 Å². The summed E-state index contributed by atoms with van der Waals surface area (Å²) >= 11 is 0. The van der Waals surface area contributed by atoms with E-state index in [-0.39, 0.29) is 5.82 Å². The second-order valence-corrected chi connectivity index (χ2v) is 6.27. The van der Waals surface area contributed by atoms with Crippen LogP contribution in [0.25, 0.3) is 16.8 Å². The molecule has 0 fully saturated rings. The molecule has 0 saturated heterocycles. The Kier molecular flexibility index (Phi) is 3.80. The average molecular weight is 331 g/mol. The molecular formula is C21H18FN3. The number of benzene rings is 2. The molecule has 2 aromatic heterocycles.